The number of hydrogen-bond donors (Lipinski definition) is 0. The highest BCUT2D eigenvalue weighted by Crippen LogP contribution is 2.45. The molecule has 0 amide bonds. The Hall–Kier alpha value is -5.39. The van der Waals surface area contributed by atoms with Crippen molar-refractivity contribution in [1.82, 2.24) is 4.98 Å². The van der Waals surface area contributed by atoms with Gasteiger partial charge in [0.15, 0.2) is 23.5 Å². The maximum atomic E-state index is 6.69. The minimum atomic E-state index is -1.83. The smallest absolute Gasteiger partial charge is 0.227 e. The normalized spacial score (nSPS) is 18.6. The van der Waals surface area contributed by atoms with Crippen LogP contribution in [0.4, 0.5) is 0 Å². The number of rotatable bonds is 5. The Morgan fingerprint density at radius 2 is 1.63 bits per heavy atom. The van der Waals surface area contributed by atoms with Crippen molar-refractivity contribution in [3.05, 3.63) is 151 Å². The second-order valence-electron chi connectivity index (χ2n) is 16.4. The third-order valence-electron chi connectivity index (χ3n) is 11.9. The summed E-state index contributed by atoms with van der Waals surface area (Å²) in [5, 5.41) is 6.23. The minimum absolute atomic E-state index is 0.202. The molecule has 5 heterocycles. The molecule has 4 nitrogen and oxygen atoms in total. The van der Waals surface area contributed by atoms with Crippen molar-refractivity contribution < 1.29 is 13.6 Å². The first-order chi connectivity index (χ1) is 26.2. The third-order valence-corrected chi connectivity index (χ3v) is 13.9. The monoisotopic (exact) mass is 723 g/mol. The van der Waals surface area contributed by atoms with Gasteiger partial charge in [0.05, 0.1) is 20.1 Å². The maximum Gasteiger partial charge on any atom is 0.227 e. The molecule has 0 radical (unpaired) electrons. The van der Waals surface area contributed by atoms with Crippen LogP contribution in [0.25, 0.3) is 55.2 Å². The fourth-order valence-corrected chi connectivity index (χ4v) is 10.9. The van der Waals surface area contributed by atoms with Crippen LogP contribution in [-0.2, 0) is 6.42 Å². The van der Waals surface area contributed by atoms with Crippen molar-refractivity contribution >= 4 is 51.8 Å². The van der Waals surface area contributed by atoms with Gasteiger partial charge in [-0.05, 0) is 77.6 Å². The van der Waals surface area contributed by atoms with Crippen LogP contribution in [0, 0.1) is 6.92 Å². The maximum absolute atomic E-state index is 6.69. The van der Waals surface area contributed by atoms with Crippen LogP contribution >= 0.6 is 0 Å². The number of aromatic nitrogens is 2. The number of fused-ring (bicyclic) bond motifs is 12. The second-order valence-corrected chi connectivity index (χ2v) is 21.4. The predicted octanol–water partition coefficient (Wildman–Crippen LogP) is 11.2. The number of furan rings is 1. The summed E-state index contributed by atoms with van der Waals surface area (Å²) in [5.74, 6) is 0.297. The van der Waals surface area contributed by atoms with Gasteiger partial charge < -0.3 is 4.42 Å². The standard InChI is InChI=1S/C49H49N3OSi/c1-8-27-51-32(4)28-44-39(25-22-34-23-26-40-41-24-21-31(3)50-49(41)53-48(40)47(34)43(51)9-2)37-18-12-13-19-38(37)45-29-42(46(30-52(44)45)54(5,6)7)36-20-14-16-33-15-10-11-17-35(33)36/h9-21,23-24,26,29-30,39,44H,2,4,8,22,25,27-28H2,1,3,5-7H3/q+2/b51-43-. The number of nitrogens with zero attached hydrogens (tertiary/aromatic N) is 3. The SMILES string of the molecule is C=C/C1=[N+](\CCC)C(=C)CC2C(CCc3ccc4c(oc5nc(C)ccc54)c31)c1ccccc1-c1cc(-c3cccc4ccccc34)c([Si](C)(C)C)c[n+]12. The highest BCUT2D eigenvalue weighted by molar-refractivity contribution is 6.89. The van der Waals surface area contributed by atoms with E-state index < -0.39 is 8.07 Å². The van der Waals surface area contributed by atoms with Crippen molar-refractivity contribution in [2.24, 2.45) is 0 Å². The Morgan fingerprint density at radius 1 is 0.870 bits per heavy atom. The molecule has 7 aromatic rings. The van der Waals surface area contributed by atoms with Crippen molar-refractivity contribution in [1.29, 1.82) is 0 Å². The Kier molecular flexibility index (Phi) is 8.39. The largest absolute Gasteiger partial charge is 0.437 e. The summed E-state index contributed by atoms with van der Waals surface area (Å²) in [6.07, 6.45) is 8.33. The lowest BCUT2D eigenvalue weighted by molar-refractivity contribution is -0.719. The number of benzene rings is 4. The first-order valence-corrected chi connectivity index (χ1v) is 23.1. The quantitative estimate of drug-likeness (QED) is 0.131. The zero-order valence-electron chi connectivity index (χ0n) is 32.2. The van der Waals surface area contributed by atoms with E-state index in [1.807, 2.05) is 13.0 Å². The summed E-state index contributed by atoms with van der Waals surface area (Å²) in [6, 6.07) is 36.3. The molecule has 54 heavy (non-hydrogen) atoms. The topological polar surface area (TPSA) is 32.9 Å². The predicted molar refractivity (Wildman–Crippen MR) is 228 cm³/mol. The van der Waals surface area contributed by atoms with E-state index >= 15 is 0 Å². The van der Waals surface area contributed by atoms with E-state index in [2.05, 4.69) is 146 Å². The summed E-state index contributed by atoms with van der Waals surface area (Å²) in [6.45, 7) is 21.9. The summed E-state index contributed by atoms with van der Waals surface area (Å²) in [5.41, 5.74) is 13.9. The van der Waals surface area contributed by atoms with Gasteiger partial charge in [-0.2, -0.15) is 9.14 Å². The van der Waals surface area contributed by atoms with Crippen LogP contribution in [0.1, 0.15) is 60.5 Å². The summed E-state index contributed by atoms with van der Waals surface area (Å²) >= 11 is 0. The van der Waals surface area contributed by atoms with Crippen LogP contribution in [0.3, 0.4) is 0 Å². The molecule has 268 valence electrons. The first-order valence-electron chi connectivity index (χ1n) is 19.6. The molecule has 5 heteroatoms. The minimum Gasteiger partial charge on any atom is -0.437 e. The summed E-state index contributed by atoms with van der Waals surface area (Å²) in [7, 11) is -1.83. The average molecular weight is 724 g/mol. The molecule has 9 rings (SSSR count). The fourth-order valence-electron chi connectivity index (χ4n) is 9.41. The van der Waals surface area contributed by atoms with Gasteiger partial charge in [0.2, 0.25) is 17.1 Å². The van der Waals surface area contributed by atoms with E-state index in [1.165, 1.54) is 49.5 Å². The molecule has 2 atom stereocenters. The van der Waals surface area contributed by atoms with Gasteiger partial charge in [0.25, 0.3) is 0 Å². The molecule has 0 saturated carbocycles. The number of hydrogen-bond acceptors (Lipinski definition) is 2. The molecule has 0 bridgehead atoms. The van der Waals surface area contributed by atoms with Gasteiger partial charge in [0, 0.05) is 51.7 Å². The van der Waals surface area contributed by atoms with E-state index in [0.29, 0.717) is 11.6 Å². The van der Waals surface area contributed by atoms with Gasteiger partial charge in [-0.25, -0.2) is 4.98 Å². The zero-order valence-corrected chi connectivity index (χ0v) is 33.2. The molecule has 2 unspecified atom stereocenters. The van der Waals surface area contributed by atoms with E-state index in [0.717, 1.165) is 71.2 Å². The lowest BCUT2D eigenvalue weighted by Gasteiger charge is -2.33. The van der Waals surface area contributed by atoms with Gasteiger partial charge in [-0.15, -0.1) is 0 Å². The Bertz CT molecular complexity index is 2700. The van der Waals surface area contributed by atoms with Gasteiger partial charge in [-0.1, -0.05) is 106 Å². The summed E-state index contributed by atoms with van der Waals surface area (Å²) in [4.78, 5) is 4.79. The molecule has 0 N–H and O–H groups in total. The summed E-state index contributed by atoms with van der Waals surface area (Å²) < 4.78 is 11.8. The molecular weight excluding hydrogens is 675 g/mol. The Labute approximate surface area is 319 Å². The highest BCUT2D eigenvalue weighted by Gasteiger charge is 2.44. The fraction of sp³-hybridized carbons (Fsp3) is 0.245. The first kappa shape index (κ1) is 34.4. The third kappa shape index (κ3) is 5.51. The van der Waals surface area contributed by atoms with Gasteiger partial charge in [0.1, 0.15) is 6.54 Å². The Morgan fingerprint density at radius 3 is 2.44 bits per heavy atom. The molecule has 3 aromatic heterocycles. The van der Waals surface area contributed by atoms with E-state index in [4.69, 9.17) is 16.0 Å². The van der Waals surface area contributed by atoms with Gasteiger partial charge >= 0.3 is 0 Å². The van der Waals surface area contributed by atoms with Gasteiger partial charge in [-0.3, -0.25) is 0 Å². The molecule has 0 saturated heterocycles. The van der Waals surface area contributed by atoms with E-state index in [9.17, 15) is 0 Å². The molecule has 0 fully saturated rings. The van der Waals surface area contributed by atoms with Crippen LogP contribution in [-0.4, -0.2) is 29.9 Å². The number of aryl methyl sites for hydroxylation is 2. The number of allylic oxidation sites excluding steroid dienone is 2. The molecular formula is C49H49N3OSi+2. The van der Waals surface area contributed by atoms with Crippen LogP contribution in [0.2, 0.25) is 19.6 Å². The van der Waals surface area contributed by atoms with E-state index in [1.54, 1.807) is 0 Å². The number of pyridine rings is 2. The van der Waals surface area contributed by atoms with Crippen molar-refractivity contribution in [3.63, 3.8) is 0 Å². The zero-order chi connectivity index (χ0) is 37.3. The van der Waals surface area contributed by atoms with E-state index in [-0.39, 0.29) is 6.04 Å². The molecule has 2 aliphatic heterocycles. The highest BCUT2D eigenvalue weighted by atomic mass is 28.3. The van der Waals surface area contributed by atoms with Crippen LogP contribution in [0.5, 0.6) is 0 Å². The lowest BCUT2D eigenvalue weighted by Crippen LogP contribution is -2.53. The molecule has 0 spiro atoms. The average Bonchev–Trinajstić information content (AvgIpc) is 3.54. The van der Waals surface area contributed by atoms with Crippen LogP contribution < -0.4 is 9.75 Å². The second kappa shape index (κ2) is 13.2. The Balaban J connectivity index is 1.28. The van der Waals surface area contributed by atoms with Crippen molar-refractivity contribution in [2.45, 2.75) is 71.1 Å². The van der Waals surface area contributed by atoms with Crippen molar-refractivity contribution in [2.75, 3.05) is 6.54 Å². The molecule has 4 aromatic carbocycles. The van der Waals surface area contributed by atoms with Crippen molar-refractivity contribution in [3.8, 4) is 22.4 Å². The molecule has 2 aliphatic rings. The molecule has 0 aliphatic carbocycles. The lowest BCUT2D eigenvalue weighted by atomic mass is 9.77. The van der Waals surface area contributed by atoms with Crippen LogP contribution in [0.15, 0.2) is 133 Å².